The second-order valence-electron chi connectivity index (χ2n) is 4.54. The SMILES string of the molecule is OC1(C2NCCc3ccccc32)CNC1. The van der Waals surface area contributed by atoms with Gasteiger partial charge in [-0.05, 0) is 24.1 Å². The van der Waals surface area contributed by atoms with E-state index in [1.54, 1.807) is 0 Å². The van der Waals surface area contributed by atoms with Gasteiger partial charge in [0.1, 0.15) is 5.60 Å². The van der Waals surface area contributed by atoms with Crippen molar-refractivity contribution in [3.63, 3.8) is 0 Å². The molecule has 1 aromatic rings. The van der Waals surface area contributed by atoms with Crippen LogP contribution in [0.5, 0.6) is 0 Å². The van der Waals surface area contributed by atoms with E-state index in [2.05, 4.69) is 28.8 Å². The van der Waals surface area contributed by atoms with Gasteiger partial charge in [-0.3, -0.25) is 0 Å². The van der Waals surface area contributed by atoms with E-state index in [4.69, 9.17) is 0 Å². The van der Waals surface area contributed by atoms with Crippen molar-refractivity contribution in [2.24, 2.45) is 0 Å². The second-order valence-corrected chi connectivity index (χ2v) is 4.54. The largest absolute Gasteiger partial charge is 0.385 e. The van der Waals surface area contributed by atoms with E-state index in [1.165, 1.54) is 11.1 Å². The monoisotopic (exact) mass is 204 g/mol. The molecule has 0 saturated carbocycles. The van der Waals surface area contributed by atoms with Gasteiger partial charge in [0.25, 0.3) is 0 Å². The van der Waals surface area contributed by atoms with Gasteiger partial charge in [0.05, 0.1) is 6.04 Å². The molecule has 1 saturated heterocycles. The number of β-amino-alcohol motifs (C(OH)–C–C–N with tert-alkyl or cyclic N) is 1. The molecule has 0 spiro atoms. The summed E-state index contributed by atoms with van der Waals surface area (Å²) in [6.07, 6.45) is 1.07. The van der Waals surface area contributed by atoms with Crippen LogP contribution < -0.4 is 10.6 Å². The number of aliphatic hydroxyl groups is 1. The third-order valence-electron chi connectivity index (χ3n) is 3.51. The summed E-state index contributed by atoms with van der Waals surface area (Å²) in [5.74, 6) is 0. The first-order chi connectivity index (χ1) is 7.30. The summed E-state index contributed by atoms with van der Waals surface area (Å²) >= 11 is 0. The fourth-order valence-corrected chi connectivity index (χ4v) is 2.57. The molecular formula is C12H16N2O. The van der Waals surface area contributed by atoms with Crippen molar-refractivity contribution >= 4 is 0 Å². The molecule has 0 aromatic heterocycles. The first kappa shape index (κ1) is 9.33. The van der Waals surface area contributed by atoms with Crippen molar-refractivity contribution in [1.29, 1.82) is 0 Å². The molecule has 1 aromatic carbocycles. The van der Waals surface area contributed by atoms with Gasteiger partial charge >= 0.3 is 0 Å². The maximum atomic E-state index is 10.4. The molecule has 1 fully saturated rings. The predicted molar refractivity (Wildman–Crippen MR) is 58.7 cm³/mol. The van der Waals surface area contributed by atoms with Crippen LogP contribution in [0.2, 0.25) is 0 Å². The summed E-state index contributed by atoms with van der Waals surface area (Å²) in [4.78, 5) is 0. The van der Waals surface area contributed by atoms with Gasteiger partial charge in [0.15, 0.2) is 0 Å². The summed E-state index contributed by atoms with van der Waals surface area (Å²) in [5, 5.41) is 16.9. The van der Waals surface area contributed by atoms with Crippen LogP contribution >= 0.6 is 0 Å². The topological polar surface area (TPSA) is 44.3 Å². The maximum Gasteiger partial charge on any atom is 0.109 e. The van der Waals surface area contributed by atoms with Crippen LogP contribution in [0.1, 0.15) is 17.2 Å². The van der Waals surface area contributed by atoms with Gasteiger partial charge < -0.3 is 15.7 Å². The van der Waals surface area contributed by atoms with E-state index in [9.17, 15) is 5.11 Å². The third kappa shape index (κ3) is 1.39. The highest BCUT2D eigenvalue weighted by Crippen LogP contribution is 2.33. The van der Waals surface area contributed by atoms with Gasteiger partial charge in [0, 0.05) is 13.1 Å². The third-order valence-corrected chi connectivity index (χ3v) is 3.51. The fourth-order valence-electron chi connectivity index (χ4n) is 2.57. The Morgan fingerprint density at radius 1 is 1.27 bits per heavy atom. The van der Waals surface area contributed by atoms with Crippen LogP contribution in [0.3, 0.4) is 0 Å². The molecule has 0 amide bonds. The summed E-state index contributed by atoms with van der Waals surface area (Å²) < 4.78 is 0. The second kappa shape index (κ2) is 3.30. The van der Waals surface area contributed by atoms with Crippen LogP contribution in [0.4, 0.5) is 0 Å². The smallest absolute Gasteiger partial charge is 0.109 e. The molecule has 80 valence electrons. The van der Waals surface area contributed by atoms with Crippen molar-refractivity contribution in [2.75, 3.05) is 19.6 Å². The van der Waals surface area contributed by atoms with Crippen molar-refractivity contribution < 1.29 is 5.11 Å². The van der Waals surface area contributed by atoms with Gasteiger partial charge in [-0.1, -0.05) is 24.3 Å². The lowest BCUT2D eigenvalue weighted by Crippen LogP contribution is -2.66. The molecule has 2 aliphatic heterocycles. The van der Waals surface area contributed by atoms with Crippen molar-refractivity contribution in [1.82, 2.24) is 10.6 Å². The first-order valence-corrected chi connectivity index (χ1v) is 5.54. The van der Waals surface area contributed by atoms with E-state index in [1.807, 2.05) is 6.07 Å². The fraction of sp³-hybridized carbons (Fsp3) is 0.500. The van der Waals surface area contributed by atoms with Crippen LogP contribution in [0, 0.1) is 0 Å². The maximum absolute atomic E-state index is 10.4. The summed E-state index contributed by atoms with van der Waals surface area (Å²) in [7, 11) is 0. The molecule has 0 aliphatic carbocycles. The number of rotatable bonds is 1. The Hall–Kier alpha value is -0.900. The van der Waals surface area contributed by atoms with E-state index >= 15 is 0 Å². The van der Waals surface area contributed by atoms with Crippen molar-refractivity contribution in [3.05, 3.63) is 35.4 Å². The van der Waals surface area contributed by atoms with E-state index in [0.29, 0.717) is 13.1 Å². The Kier molecular flexibility index (Phi) is 2.06. The minimum absolute atomic E-state index is 0.101. The van der Waals surface area contributed by atoms with Gasteiger partial charge in [0.2, 0.25) is 0 Å². The molecule has 2 heterocycles. The molecule has 1 unspecified atom stereocenters. The average molecular weight is 204 g/mol. The molecule has 3 N–H and O–H groups in total. The summed E-state index contributed by atoms with van der Waals surface area (Å²) in [6.45, 7) is 2.35. The van der Waals surface area contributed by atoms with Gasteiger partial charge in [-0.25, -0.2) is 0 Å². The summed E-state index contributed by atoms with van der Waals surface area (Å²) in [5.41, 5.74) is 2.06. The Labute approximate surface area is 89.5 Å². The zero-order valence-corrected chi connectivity index (χ0v) is 8.66. The van der Waals surface area contributed by atoms with Crippen LogP contribution in [0.15, 0.2) is 24.3 Å². The van der Waals surface area contributed by atoms with Crippen LogP contribution in [-0.2, 0) is 6.42 Å². The molecule has 2 aliphatic rings. The highest BCUT2D eigenvalue weighted by atomic mass is 16.3. The van der Waals surface area contributed by atoms with E-state index < -0.39 is 5.60 Å². The Balaban J connectivity index is 1.98. The van der Waals surface area contributed by atoms with Gasteiger partial charge in [-0.15, -0.1) is 0 Å². The van der Waals surface area contributed by atoms with Crippen molar-refractivity contribution in [2.45, 2.75) is 18.1 Å². The van der Waals surface area contributed by atoms with E-state index in [0.717, 1.165) is 13.0 Å². The van der Waals surface area contributed by atoms with Crippen LogP contribution in [-0.4, -0.2) is 30.3 Å². The van der Waals surface area contributed by atoms with Crippen LogP contribution in [0.25, 0.3) is 0 Å². The molecule has 0 bridgehead atoms. The summed E-state index contributed by atoms with van der Waals surface area (Å²) in [6, 6.07) is 8.52. The van der Waals surface area contributed by atoms with E-state index in [-0.39, 0.29) is 6.04 Å². The molecular weight excluding hydrogens is 188 g/mol. The molecule has 0 radical (unpaired) electrons. The highest BCUT2D eigenvalue weighted by Gasteiger charge is 2.44. The lowest BCUT2D eigenvalue weighted by atomic mass is 9.80. The number of hydrogen-bond acceptors (Lipinski definition) is 3. The molecule has 15 heavy (non-hydrogen) atoms. The normalized spacial score (nSPS) is 27.9. The molecule has 3 heteroatoms. The number of fused-ring (bicyclic) bond motifs is 1. The molecule has 3 nitrogen and oxygen atoms in total. The molecule has 1 atom stereocenters. The number of hydrogen-bond donors (Lipinski definition) is 3. The zero-order chi connectivity index (χ0) is 10.3. The van der Waals surface area contributed by atoms with Crippen molar-refractivity contribution in [3.8, 4) is 0 Å². The Bertz CT molecular complexity index is 374. The average Bonchev–Trinajstić information content (AvgIpc) is 2.25. The predicted octanol–water partition coefficient (Wildman–Crippen LogP) is 0.208. The number of nitrogens with one attached hydrogen (secondary N) is 2. The Morgan fingerprint density at radius 3 is 2.80 bits per heavy atom. The Morgan fingerprint density at radius 2 is 2.07 bits per heavy atom. The minimum Gasteiger partial charge on any atom is -0.385 e. The highest BCUT2D eigenvalue weighted by molar-refractivity contribution is 5.35. The standard InChI is InChI=1S/C12H16N2O/c15-12(7-13-8-12)11-10-4-2-1-3-9(10)5-6-14-11/h1-4,11,13-15H,5-8H2. The molecule has 3 rings (SSSR count). The first-order valence-electron chi connectivity index (χ1n) is 5.54. The zero-order valence-electron chi connectivity index (χ0n) is 8.66. The lowest BCUT2D eigenvalue weighted by molar-refractivity contribution is -0.0458. The lowest BCUT2D eigenvalue weighted by Gasteiger charge is -2.46. The van der Waals surface area contributed by atoms with Gasteiger partial charge in [-0.2, -0.15) is 0 Å². The number of benzene rings is 1. The quantitative estimate of drug-likeness (QED) is 0.612. The minimum atomic E-state index is -0.587.